The number of benzene rings is 1. The quantitative estimate of drug-likeness (QED) is 0.867. The van der Waals surface area contributed by atoms with E-state index in [0.29, 0.717) is 13.1 Å². The minimum absolute atomic E-state index is 0.0439. The third-order valence-electron chi connectivity index (χ3n) is 4.45. The summed E-state index contributed by atoms with van der Waals surface area (Å²) in [6.07, 6.45) is 2.44. The van der Waals surface area contributed by atoms with E-state index in [9.17, 15) is 4.79 Å². The Morgan fingerprint density at radius 3 is 2.50 bits per heavy atom. The molecule has 2 aliphatic rings. The fourth-order valence-corrected chi connectivity index (χ4v) is 3.10. The lowest BCUT2D eigenvalue weighted by atomic mass is 10.0. The van der Waals surface area contributed by atoms with Gasteiger partial charge in [0.05, 0.1) is 13.2 Å². The fourth-order valence-electron chi connectivity index (χ4n) is 3.10. The largest absolute Gasteiger partial charge is 0.350 e. The summed E-state index contributed by atoms with van der Waals surface area (Å²) in [5.41, 5.74) is 3.16. The molecule has 0 unspecified atom stereocenters. The number of carbonyl (C=O) groups excluding carboxylic acids is 1. The van der Waals surface area contributed by atoms with E-state index in [0.717, 1.165) is 43.7 Å². The molecule has 22 heavy (non-hydrogen) atoms. The maximum absolute atomic E-state index is 12.4. The van der Waals surface area contributed by atoms with Gasteiger partial charge in [0.2, 0.25) is 0 Å². The molecule has 2 fully saturated rings. The highest BCUT2D eigenvalue weighted by atomic mass is 16.7. The number of hydrogen-bond acceptors (Lipinski definition) is 3. The van der Waals surface area contributed by atoms with E-state index in [-0.39, 0.29) is 6.03 Å². The average molecular weight is 304 g/mol. The molecule has 0 radical (unpaired) electrons. The topological polar surface area (TPSA) is 50.8 Å². The molecule has 2 aliphatic heterocycles. The Morgan fingerprint density at radius 1 is 1.18 bits per heavy atom. The normalized spacial score (nSPS) is 20.9. The molecular weight excluding hydrogens is 280 g/mol. The van der Waals surface area contributed by atoms with E-state index in [1.807, 2.05) is 30.9 Å². The molecule has 1 aromatic carbocycles. The minimum atomic E-state index is -0.450. The van der Waals surface area contributed by atoms with Crippen LogP contribution >= 0.6 is 0 Å². The van der Waals surface area contributed by atoms with Gasteiger partial charge in [-0.25, -0.2) is 4.79 Å². The maximum Gasteiger partial charge on any atom is 0.321 e. The van der Waals surface area contributed by atoms with Crippen LogP contribution in [0, 0.1) is 13.8 Å². The van der Waals surface area contributed by atoms with Crippen LogP contribution < -0.4 is 5.32 Å². The van der Waals surface area contributed by atoms with E-state index < -0.39 is 5.79 Å². The second-order valence-corrected chi connectivity index (χ2v) is 6.20. The van der Waals surface area contributed by atoms with Gasteiger partial charge in [-0.2, -0.15) is 0 Å². The Balaban J connectivity index is 1.57. The monoisotopic (exact) mass is 304 g/mol. The summed E-state index contributed by atoms with van der Waals surface area (Å²) in [4.78, 5) is 14.2. The van der Waals surface area contributed by atoms with Gasteiger partial charge in [0.15, 0.2) is 5.79 Å². The first-order valence-electron chi connectivity index (χ1n) is 7.99. The molecule has 120 valence electrons. The van der Waals surface area contributed by atoms with Gasteiger partial charge in [0.1, 0.15) is 0 Å². The smallest absolute Gasteiger partial charge is 0.321 e. The molecule has 1 aromatic rings. The number of ether oxygens (including phenoxy) is 2. The molecule has 0 aromatic heterocycles. The highest BCUT2D eigenvalue weighted by molar-refractivity contribution is 5.90. The van der Waals surface area contributed by atoms with Crippen molar-refractivity contribution in [2.45, 2.75) is 38.9 Å². The van der Waals surface area contributed by atoms with Crippen molar-refractivity contribution in [3.05, 3.63) is 29.3 Å². The van der Waals surface area contributed by atoms with Gasteiger partial charge in [-0.1, -0.05) is 17.7 Å². The number of likely N-dealkylation sites (tertiary alicyclic amines) is 1. The van der Waals surface area contributed by atoms with E-state index >= 15 is 0 Å². The SMILES string of the molecule is Cc1ccc(NC(=O)N2CCC3(CC2)OCCCO3)c(C)c1. The summed E-state index contributed by atoms with van der Waals surface area (Å²) in [7, 11) is 0. The van der Waals surface area contributed by atoms with Crippen molar-refractivity contribution < 1.29 is 14.3 Å². The molecular formula is C17H24N2O3. The summed E-state index contributed by atoms with van der Waals surface area (Å²) in [6.45, 7) is 6.90. The lowest BCUT2D eigenvalue weighted by Gasteiger charge is -2.43. The number of nitrogens with one attached hydrogen (secondary N) is 1. The zero-order chi connectivity index (χ0) is 15.6. The number of amides is 2. The number of anilines is 1. The first-order valence-corrected chi connectivity index (χ1v) is 7.99. The first kappa shape index (κ1) is 15.3. The van der Waals surface area contributed by atoms with Gasteiger partial charge in [-0.3, -0.25) is 0 Å². The number of rotatable bonds is 1. The van der Waals surface area contributed by atoms with Gasteiger partial charge in [0, 0.05) is 31.6 Å². The summed E-state index contributed by atoms with van der Waals surface area (Å²) in [6, 6.07) is 6.00. The zero-order valence-corrected chi connectivity index (χ0v) is 13.4. The standard InChI is InChI=1S/C17H24N2O3/c1-13-4-5-15(14(2)12-13)18-16(20)19-8-6-17(7-9-19)21-10-3-11-22-17/h4-5,12H,3,6-11H2,1-2H3,(H,18,20). The summed E-state index contributed by atoms with van der Waals surface area (Å²) >= 11 is 0. The number of urea groups is 1. The molecule has 5 heteroatoms. The Kier molecular flexibility index (Phi) is 4.36. The second-order valence-electron chi connectivity index (χ2n) is 6.20. The summed E-state index contributed by atoms with van der Waals surface area (Å²) in [5, 5.41) is 3.00. The van der Waals surface area contributed by atoms with E-state index in [4.69, 9.17) is 9.47 Å². The van der Waals surface area contributed by atoms with Gasteiger partial charge >= 0.3 is 6.03 Å². The lowest BCUT2D eigenvalue weighted by molar-refractivity contribution is -0.281. The number of nitrogens with zero attached hydrogens (tertiary/aromatic N) is 1. The molecule has 1 spiro atoms. The van der Waals surface area contributed by atoms with Crippen molar-refractivity contribution >= 4 is 11.7 Å². The molecule has 2 saturated heterocycles. The Labute approximate surface area is 131 Å². The molecule has 0 atom stereocenters. The number of piperidine rings is 1. The highest BCUT2D eigenvalue weighted by Crippen LogP contribution is 2.31. The predicted molar refractivity (Wildman–Crippen MR) is 85.0 cm³/mol. The third kappa shape index (κ3) is 3.25. The van der Waals surface area contributed by atoms with Crippen LogP contribution in [0.1, 0.15) is 30.4 Å². The van der Waals surface area contributed by atoms with Crippen molar-refractivity contribution in [2.75, 3.05) is 31.6 Å². The molecule has 0 saturated carbocycles. The van der Waals surface area contributed by atoms with Crippen LogP contribution in [-0.4, -0.2) is 43.0 Å². The van der Waals surface area contributed by atoms with Gasteiger partial charge in [0.25, 0.3) is 0 Å². The minimum Gasteiger partial charge on any atom is -0.350 e. The fraction of sp³-hybridized carbons (Fsp3) is 0.588. The Morgan fingerprint density at radius 2 is 1.86 bits per heavy atom. The molecule has 2 amide bonds. The second kappa shape index (κ2) is 6.26. The number of carbonyl (C=O) groups is 1. The van der Waals surface area contributed by atoms with Crippen LogP contribution in [0.3, 0.4) is 0 Å². The average Bonchev–Trinajstić information content (AvgIpc) is 2.51. The van der Waals surface area contributed by atoms with Gasteiger partial charge in [-0.05, 0) is 31.9 Å². The Bertz CT molecular complexity index is 543. The first-order chi connectivity index (χ1) is 10.6. The van der Waals surface area contributed by atoms with Crippen molar-refractivity contribution in [1.29, 1.82) is 0 Å². The molecule has 0 bridgehead atoms. The van der Waals surface area contributed by atoms with Crippen molar-refractivity contribution in [3.63, 3.8) is 0 Å². The van der Waals surface area contributed by atoms with Crippen LogP contribution in [0.15, 0.2) is 18.2 Å². The summed E-state index contributed by atoms with van der Waals surface area (Å²) < 4.78 is 11.6. The van der Waals surface area contributed by atoms with Crippen LogP contribution in [0.5, 0.6) is 0 Å². The highest BCUT2D eigenvalue weighted by Gasteiger charge is 2.39. The predicted octanol–water partition coefficient (Wildman–Crippen LogP) is 3.06. The molecule has 3 rings (SSSR count). The lowest BCUT2D eigenvalue weighted by Crippen LogP contribution is -2.52. The number of hydrogen-bond donors (Lipinski definition) is 1. The van der Waals surface area contributed by atoms with Crippen molar-refractivity contribution in [3.8, 4) is 0 Å². The van der Waals surface area contributed by atoms with Crippen molar-refractivity contribution in [2.24, 2.45) is 0 Å². The maximum atomic E-state index is 12.4. The van der Waals surface area contributed by atoms with Gasteiger partial charge in [-0.15, -0.1) is 0 Å². The van der Waals surface area contributed by atoms with Gasteiger partial charge < -0.3 is 19.7 Å². The molecule has 5 nitrogen and oxygen atoms in total. The third-order valence-corrected chi connectivity index (χ3v) is 4.45. The zero-order valence-electron chi connectivity index (χ0n) is 13.4. The molecule has 2 heterocycles. The van der Waals surface area contributed by atoms with Crippen molar-refractivity contribution in [1.82, 2.24) is 4.90 Å². The van der Waals surface area contributed by atoms with E-state index in [2.05, 4.69) is 11.4 Å². The van der Waals surface area contributed by atoms with E-state index in [1.54, 1.807) is 0 Å². The molecule has 1 N–H and O–H groups in total. The molecule has 0 aliphatic carbocycles. The van der Waals surface area contributed by atoms with Crippen LogP contribution in [-0.2, 0) is 9.47 Å². The van der Waals surface area contributed by atoms with Crippen LogP contribution in [0.25, 0.3) is 0 Å². The van der Waals surface area contributed by atoms with Crippen LogP contribution in [0.4, 0.5) is 10.5 Å². The van der Waals surface area contributed by atoms with Crippen LogP contribution in [0.2, 0.25) is 0 Å². The summed E-state index contributed by atoms with van der Waals surface area (Å²) in [5.74, 6) is -0.450. The van der Waals surface area contributed by atoms with E-state index in [1.165, 1.54) is 5.56 Å². The number of aryl methyl sites for hydroxylation is 2. The Hall–Kier alpha value is -1.59.